The van der Waals surface area contributed by atoms with E-state index in [1.807, 2.05) is 18.2 Å². The Kier molecular flexibility index (Phi) is 2.86. The first-order chi connectivity index (χ1) is 10.3. The van der Waals surface area contributed by atoms with Gasteiger partial charge in [0.25, 0.3) is 0 Å². The lowest BCUT2D eigenvalue weighted by Gasteiger charge is -2.18. The molecule has 0 atom stereocenters. The van der Waals surface area contributed by atoms with Gasteiger partial charge < -0.3 is 5.32 Å². The van der Waals surface area contributed by atoms with Gasteiger partial charge in [0.15, 0.2) is 5.82 Å². The number of benzene rings is 1. The van der Waals surface area contributed by atoms with Crippen molar-refractivity contribution in [2.24, 2.45) is 0 Å². The van der Waals surface area contributed by atoms with Gasteiger partial charge in [0.2, 0.25) is 0 Å². The van der Waals surface area contributed by atoms with Crippen molar-refractivity contribution in [1.29, 1.82) is 0 Å². The molecule has 1 N–H and O–H groups in total. The number of nitrogens with one attached hydrogen (secondary N) is 1. The van der Waals surface area contributed by atoms with Crippen molar-refractivity contribution in [3.05, 3.63) is 47.5 Å². The smallest absolute Gasteiger partial charge is 0.159 e. The normalized spacial score (nSPS) is 14.1. The molecule has 104 valence electrons. The third kappa shape index (κ3) is 2.15. The summed E-state index contributed by atoms with van der Waals surface area (Å²) in [5.41, 5.74) is 6.22. The Morgan fingerprint density at radius 2 is 1.90 bits per heavy atom. The minimum Gasteiger partial charge on any atom is -0.311 e. The first-order valence-corrected chi connectivity index (χ1v) is 7.09. The maximum absolute atomic E-state index is 4.73. The molecule has 1 aromatic carbocycles. The Hall–Kier alpha value is -2.40. The second-order valence-electron chi connectivity index (χ2n) is 5.24. The Morgan fingerprint density at radius 3 is 2.81 bits per heavy atom. The summed E-state index contributed by atoms with van der Waals surface area (Å²) in [6.07, 6.45) is 4.41. The monoisotopic (exact) mass is 277 g/mol. The van der Waals surface area contributed by atoms with Gasteiger partial charge >= 0.3 is 0 Å². The molecule has 0 bridgehead atoms. The molecular formula is C16H15N5. The molecule has 0 spiro atoms. The molecule has 2 aromatic heterocycles. The lowest BCUT2D eigenvalue weighted by molar-refractivity contribution is 0.620. The van der Waals surface area contributed by atoms with Crippen molar-refractivity contribution < 1.29 is 0 Å². The molecule has 0 aliphatic carbocycles. The summed E-state index contributed by atoms with van der Waals surface area (Å²) in [4.78, 5) is 18.0. The van der Waals surface area contributed by atoms with Crippen LogP contribution in [-0.4, -0.2) is 26.5 Å². The van der Waals surface area contributed by atoms with E-state index in [9.17, 15) is 0 Å². The average molecular weight is 277 g/mol. The molecule has 3 heterocycles. The Morgan fingerprint density at radius 1 is 1.05 bits per heavy atom. The highest BCUT2D eigenvalue weighted by atomic mass is 15.0. The summed E-state index contributed by atoms with van der Waals surface area (Å²) in [6.45, 7) is 3.89. The van der Waals surface area contributed by atoms with Crippen molar-refractivity contribution in [3.8, 4) is 11.4 Å². The fraction of sp³-hybridized carbons (Fsp3) is 0.250. The quantitative estimate of drug-likeness (QED) is 0.737. The average Bonchev–Trinajstić information content (AvgIpc) is 2.54. The Balaban J connectivity index is 1.86. The molecule has 5 nitrogen and oxygen atoms in total. The highest BCUT2D eigenvalue weighted by Crippen LogP contribution is 2.23. The van der Waals surface area contributed by atoms with E-state index in [1.54, 1.807) is 12.4 Å². The molecular weight excluding hydrogens is 262 g/mol. The van der Waals surface area contributed by atoms with Crippen LogP contribution in [0.1, 0.15) is 17.0 Å². The van der Waals surface area contributed by atoms with E-state index in [4.69, 9.17) is 4.98 Å². The van der Waals surface area contributed by atoms with Crippen molar-refractivity contribution in [1.82, 2.24) is 25.3 Å². The van der Waals surface area contributed by atoms with E-state index in [0.29, 0.717) is 0 Å². The molecule has 0 radical (unpaired) electrons. The van der Waals surface area contributed by atoms with Crippen LogP contribution in [0.3, 0.4) is 0 Å². The molecule has 4 rings (SSSR count). The van der Waals surface area contributed by atoms with Crippen molar-refractivity contribution in [2.75, 3.05) is 6.54 Å². The number of hydrogen-bond acceptors (Lipinski definition) is 5. The lowest BCUT2D eigenvalue weighted by atomic mass is 10.0. The van der Waals surface area contributed by atoms with E-state index in [1.165, 1.54) is 5.56 Å². The van der Waals surface area contributed by atoms with Crippen LogP contribution in [0.4, 0.5) is 0 Å². The predicted octanol–water partition coefficient (Wildman–Crippen LogP) is 2.04. The number of fused-ring (bicyclic) bond motifs is 2. The van der Waals surface area contributed by atoms with Gasteiger partial charge in [-0.05, 0) is 43.7 Å². The summed E-state index contributed by atoms with van der Waals surface area (Å²) < 4.78 is 0. The van der Waals surface area contributed by atoms with Crippen LogP contribution in [0, 0.1) is 6.92 Å². The summed E-state index contributed by atoms with van der Waals surface area (Å²) in [5.74, 6) is 0.766. The van der Waals surface area contributed by atoms with Gasteiger partial charge in [-0.15, -0.1) is 0 Å². The molecule has 0 amide bonds. The molecule has 0 saturated heterocycles. The minimum atomic E-state index is 0.766. The summed E-state index contributed by atoms with van der Waals surface area (Å²) in [7, 11) is 0. The maximum Gasteiger partial charge on any atom is 0.159 e. The largest absolute Gasteiger partial charge is 0.311 e. The first-order valence-electron chi connectivity index (χ1n) is 7.09. The number of nitrogens with zero attached hydrogens (tertiary/aromatic N) is 4. The molecule has 0 unspecified atom stereocenters. The fourth-order valence-electron chi connectivity index (χ4n) is 2.78. The van der Waals surface area contributed by atoms with Crippen LogP contribution >= 0.6 is 0 Å². The fourth-order valence-corrected chi connectivity index (χ4v) is 2.78. The summed E-state index contributed by atoms with van der Waals surface area (Å²) in [6, 6.07) is 5.97. The van der Waals surface area contributed by atoms with Gasteiger partial charge in [0.05, 0.1) is 16.7 Å². The zero-order valence-electron chi connectivity index (χ0n) is 11.8. The number of aryl methyl sites for hydroxylation is 1. The van der Waals surface area contributed by atoms with Gasteiger partial charge in [-0.3, -0.25) is 9.97 Å². The minimum absolute atomic E-state index is 0.766. The zero-order valence-corrected chi connectivity index (χ0v) is 11.8. The molecule has 3 aromatic rings. The maximum atomic E-state index is 4.73. The number of aromatic nitrogens is 4. The van der Waals surface area contributed by atoms with E-state index < -0.39 is 0 Å². The second kappa shape index (κ2) is 4.86. The SMILES string of the molecule is Cc1nc(-c2ccc3nccnc3c2)nc2c1CCNC2. The number of rotatable bonds is 1. The Labute approximate surface area is 122 Å². The van der Waals surface area contributed by atoms with Crippen LogP contribution in [0.25, 0.3) is 22.4 Å². The van der Waals surface area contributed by atoms with Gasteiger partial charge in [0, 0.05) is 30.2 Å². The number of hydrogen-bond donors (Lipinski definition) is 1. The lowest BCUT2D eigenvalue weighted by Crippen LogP contribution is -2.26. The molecule has 5 heteroatoms. The van der Waals surface area contributed by atoms with Crippen molar-refractivity contribution in [3.63, 3.8) is 0 Å². The van der Waals surface area contributed by atoms with Gasteiger partial charge in [0.1, 0.15) is 0 Å². The van der Waals surface area contributed by atoms with Crippen LogP contribution in [-0.2, 0) is 13.0 Å². The standard InChI is InChI=1S/C16H15N5/c1-10-12-4-5-17-9-15(12)21-16(20-10)11-2-3-13-14(8-11)19-7-6-18-13/h2-3,6-8,17H,4-5,9H2,1H3. The second-order valence-corrected chi connectivity index (χ2v) is 5.24. The van der Waals surface area contributed by atoms with E-state index >= 15 is 0 Å². The van der Waals surface area contributed by atoms with Crippen molar-refractivity contribution in [2.45, 2.75) is 19.9 Å². The molecule has 0 fully saturated rings. The third-order valence-corrected chi connectivity index (χ3v) is 3.87. The Bertz CT molecular complexity index is 828. The van der Waals surface area contributed by atoms with Gasteiger partial charge in [-0.25, -0.2) is 9.97 Å². The first kappa shape index (κ1) is 12.3. The van der Waals surface area contributed by atoms with Crippen molar-refractivity contribution >= 4 is 11.0 Å². The van der Waals surface area contributed by atoms with Crippen LogP contribution < -0.4 is 5.32 Å². The molecule has 0 saturated carbocycles. The topological polar surface area (TPSA) is 63.6 Å². The predicted molar refractivity (Wildman–Crippen MR) is 80.7 cm³/mol. The van der Waals surface area contributed by atoms with Crippen LogP contribution in [0.2, 0.25) is 0 Å². The summed E-state index contributed by atoms with van der Waals surface area (Å²) >= 11 is 0. The van der Waals surface area contributed by atoms with E-state index in [2.05, 4.69) is 27.2 Å². The summed E-state index contributed by atoms with van der Waals surface area (Å²) in [5, 5.41) is 3.36. The van der Waals surface area contributed by atoms with Crippen LogP contribution in [0.15, 0.2) is 30.6 Å². The van der Waals surface area contributed by atoms with E-state index in [0.717, 1.165) is 53.3 Å². The zero-order chi connectivity index (χ0) is 14.2. The van der Waals surface area contributed by atoms with Gasteiger partial charge in [-0.1, -0.05) is 0 Å². The molecule has 1 aliphatic rings. The molecule has 21 heavy (non-hydrogen) atoms. The highest BCUT2D eigenvalue weighted by Gasteiger charge is 2.16. The third-order valence-electron chi connectivity index (χ3n) is 3.87. The molecule has 1 aliphatic heterocycles. The highest BCUT2D eigenvalue weighted by molar-refractivity contribution is 5.79. The van der Waals surface area contributed by atoms with Gasteiger partial charge in [-0.2, -0.15) is 0 Å². The van der Waals surface area contributed by atoms with E-state index in [-0.39, 0.29) is 0 Å². The van der Waals surface area contributed by atoms with Crippen LogP contribution in [0.5, 0.6) is 0 Å².